The lowest BCUT2D eigenvalue weighted by Crippen LogP contribution is -2.43. The molecule has 1 saturated carbocycles. The molecule has 0 aliphatic heterocycles. The van der Waals surface area contributed by atoms with Gasteiger partial charge in [0.05, 0.1) is 20.8 Å². The van der Waals surface area contributed by atoms with Gasteiger partial charge in [-0.3, -0.25) is 0 Å². The van der Waals surface area contributed by atoms with Crippen molar-refractivity contribution in [1.29, 1.82) is 0 Å². The Kier molecular flexibility index (Phi) is 3.35. The lowest BCUT2D eigenvalue weighted by atomic mass is 9.71. The van der Waals surface area contributed by atoms with Crippen LogP contribution < -0.4 is 0 Å². The topological polar surface area (TPSA) is 33.1 Å². The fraction of sp³-hybridized carbons (Fsp3) is 0.562. The summed E-state index contributed by atoms with van der Waals surface area (Å²) in [6.45, 7) is 4.47. The molecule has 1 N–H and O–H groups in total. The Balaban J connectivity index is 1.83. The molecule has 19 heavy (non-hydrogen) atoms. The Morgan fingerprint density at radius 1 is 1.37 bits per heavy atom. The minimum atomic E-state index is -0.555. The van der Waals surface area contributed by atoms with Crippen LogP contribution in [0.4, 0.5) is 0 Å². The number of benzene rings is 1. The van der Waals surface area contributed by atoms with Gasteiger partial charge in [-0.2, -0.15) is 0 Å². The number of nitrogens with zero attached hydrogens (tertiary/aromatic N) is 1. The molecule has 3 atom stereocenters. The molecule has 2 nitrogen and oxygen atoms in total. The molecule has 3 unspecified atom stereocenters. The first-order valence-corrected chi connectivity index (χ1v) is 7.95. The van der Waals surface area contributed by atoms with Gasteiger partial charge in [0.2, 0.25) is 0 Å². The van der Waals surface area contributed by atoms with Crippen LogP contribution in [0, 0.1) is 11.8 Å². The number of para-hydroxylation sites is 1. The zero-order chi connectivity index (χ0) is 13.5. The third kappa shape index (κ3) is 2.54. The van der Waals surface area contributed by atoms with Crippen molar-refractivity contribution in [2.24, 2.45) is 11.8 Å². The van der Waals surface area contributed by atoms with Crippen molar-refractivity contribution in [2.75, 3.05) is 0 Å². The normalized spacial score (nSPS) is 31.7. The zero-order valence-electron chi connectivity index (χ0n) is 11.6. The van der Waals surface area contributed by atoms with E-state index in [0.717, 1.165) is 35.7 Å². The van der Waals surface area contributed by atoms with Crippen molar-refractivity contribution in [3.63, 3.8) is 0 Å². The highest BCUT2D eigenvalue weighted by Crippen LogP contribution is 2.39. The molecular weight excluding hydrogens is 254 g/mol. The summed E-state index contributed by atoms with van der Waals surface area (Å²) < 4.78 is 1.22. The SMILES string of the molecule is CC1CCC(O)(Cc2nc3ccccc3s2)C(C)C1. The van der Waals surface area contributed by atoms with Gasteiger partial charge in [-0.05, 0) is 43.2 Å². The van der Waals surface area contributed by atoms with E-state index >= 15 is 0 Å². The summed E-state index contributed by atoms with van der Waals surface area (Å²) in [6, 6.07) is 8.22. The van der Waals surface area contributed by atoms with Crippen LogP contribution in [0.2, 0.25) is 0 Å². The standard InChI is InChI=1S/C16H21NOS/c1-11-7-8-16(18,12(2)9-11)10-15-17-13-5-3-4-6-14(13)19-15/h3-6,11-12,18H,7-10H2,1-2H3. The van der Waals surface area contributed by atoms with Crippen molar-refractivity contribution >= 4 is 21.6 Å². The zero-order valence-corrected chi connectivity index (χ0v) is 12.4. The number of thiazole rings is 1. The number of fused-ring (bicyclic) bond motifs is 1. The van der Waals surface area contributed by atoms with Gasteiger partial charge in [-0.25, -0.2) is 4.98 Å². The van der Waals surface area contributed by atoms with Crippen LogP contribution in [0.3, 0.4) is 0 Å². The third-order valence-electron chi connectivity index (χ3n) is 4.54. The number of rotatable bonds is 2. The molecule has 0 bridgehead atoms. The molecule has 1 aromatic heterocycles. The molecule has 2 aromatic rings. The molecule has 3 rings (SSSR count). The van der Waals surface area contributed by atoms with Crippen LogP contribution in [0.25, 0.3) is 10.2 Å². The average Bonchev–Trinajstić information content (AvgIpc) is 2.76. The third-order valence-corrected chi connectivity index (χ3v) is 5.58. The van der Waals surface area contributed by atoms with Crippen molar-refractivity contribution in [3.8, 4) is 0 Å². The molecule has 1 aliphatic rings. The Morgan fingerprint density at radius 3 is 2.89 bits per heavy atom. The molecule has 0 spiro atoms. The van der Waals surface area contributed by atoms with Crippen LogP contribution in [0.15, 0.2) is 24.3 Å². The summed E-state index contributed by atoms with van der Waals surface area (Å²) in [5, 5.41) is 12.0. The minimum absolute atomic E-state index is 0.364. The fourth-order valence-electron chi connectivity index (χ4n) is 3.20. The number of hydrogen-bond donors (Lipinski definition) is 1. The van der Waals surface area contributed by atoms with Crippen LogP contribution in [-0.2, 0) is 6.42 Å². The maximum Gasteiger partial charge on any atom is 0.0967 e. The quantitative estimate of drug-likeness (QED) is 0.897. The van der Waals surface area contributed by atoms with Crippen LogP contribution in [0.5, 0.6) is 0 Å². The highest BCUT2D eigenvalue weighted by molar-refractivity contribution is 7.18. The minimum Gasteiger partial charge on any atom is -0.389 e. The van der Waals surface area contributed by atoms with Crippen LogP contribution >= 0.6 is 11.3 Å². The molecule has 1 aromatic carbocycles. The predicted octanol–water partition coefficient (Wildman–Crippen LogP) is 4.03. The molecule has 0 amide bonds. The Labute approximate surface area is 118 Å². The first-order valence-electron chi connectivity index (χ1n) is 7.14. The van der Waals surface area contributed by atoms with Crippen molar-refractivity contribution < 1.29 is 5.11 Å². The van der Waals surface area contributed by atoms with Gasteiger partial charge in [0.15, 0.2) is 0 Å². The van der Waals surface area contributed by atoms with Crippen molar-refractivity contribution in [2.45, 2.75) is 45.1 Å². The number of aromatic nitrogens is 1. The van der Waals surface area contributed by atoms with Gasteiger partial charge >= 0.3 is 0 Å². The lowest BCUT2D eigenvalue weighted by Gasteiger charge is -2.40. The monoisotopic (exact) mass is 275 g/mol. The van der Waals surface area contributed by atoms with Crippen LogP contribution in [0.1, 0.15) is 38.1 Å². The molecule has 1 fully saturated rings. The van der Waals surface area contributed by atoms with Gasteiger partial charge in [-0.1, -0.05) is 26.0 Å². The van der Waals surface area contributed by atoms with Crippen molar-refractivity contribution in [3.05, 3.63) is 29.3 Å². The fourth-order valence-corrected chi connectivity index (χ4v) is 4.29. The van der Waals surface area contributed by atoms with E-state index in [1.165, 1.54) is 4.70 Å². The first kappa shape index (κ1) is 13.1. The summed E-state index contributed by atoms with van der Waals surface area (Å²) in [4.78, 5) is 4.66. The van der Waals surface area contributed by atoms with Gasteiger partial charge in [0, 0.05) is 6.42 Å². The lowest BCUT2D eigenvalue weighted by molar-refractivity contribution is -0.0522. The largest absolute Gasteiger partial charge is 0.389 e. The molecule has 1 aliphatic carbocycles. The Hall–Kier alpha value is -0.930. The smallest absolute Gasteiger partial charge is 0.0967 e. The highest BCUT2D eigenvalue weighted by Gasteiger charge is 2.39. The molecular formula is C16H21NOS. The van der Waals surface area contributed by atoms with E-state index in [4.69, 9.17) is 0 Å². The maximum atomic E-state index is 10.9. The second-order valence-corrected chi connectivity index (χ2v) is 7.25. The molecule has 0 radical (unpaired) electrons. The van der Waals surface area contributed by atoms with E-state index in [-0.39, 0.29) is 0 Å². The van der Waals surface area contributed by atoms with Gasteiger partial charge in [0.25, 0.3) is 0 Å². The molecule has 0 saturated heterocycles. The van der Waals surface area contributed by atoms with Crippen molar-refractivity contribution in [1.82, 2.24) is 4.98 Å². The van der Waals surface area contributed by atoms with Gasteiger partial charge in [-0.15, -0.1) is 11.3 Å². The van der Waals surface area contributed by atoms with Gasteiger partial charge < -0.3 is 5.11 Å². The van der Waals surface area contributed by atoms with E-state index in [2.05, 4.69) is 24.9 Å². The highest BCUT2D eigenvalue weighted by atomic mass is 32.1. The predicted molar refractivity (Wildman–Crippen MR) is 80.5 cm³/mol. The summed E-state index contributed by atoms with van der Waals surface area (Å²) in [5.41, 5.74) is 0.503. The summed E-state index contributed by atoms with van der Waals surface area (Å²) in [5.74, 6) is 1.11. The Morgan fingerprint density at radius 2 is 2.16 bits per heavy atom. The molecule has 1 heterocycles. The summed E-state index contributed by atoms with van der Waals surface area (Å²) in [6.07, 6.45) is 3.87. The van der Waals surface area contributed by atoms with E-state index in [1.807, 2.05) is 18.2 Å². The first-order chi connectivity index (χ1) is 9.07. The molecule has 3 heteroatoms. The average molecular weight is 275 g/mol. The Bertz CT molecular complexity index is 546. The van der Waals surface area contributed by atoms with E-state index in [1.54, 1.807) is 11.3 Å². The van der Waals surface area contributed by atoms with E-state index < -0.39 is 5.60 Å². The van der Waals surface area contributed by atoms with E-state index in [0.29, 0.717) is 12.3 Å². The second kappa shape index (κ2) is 4.88. The summed E-state index contributed by atoms with van der Waals surface area (Å²) in [7, 11) is 0. The summed E-state index contributed by atoms with van der Waals surface area (Å²) >= 11 is 1.72. The van der Waals surface area contributed by atoms with Crippen LogP contribution in [-0.4, -0.2) is 15.7 Å². The number of hydrogen-bond acceptors (Lipinski definition) is 3. The molecule has 102 valence electrons. The second-order valence-electron chi connectivity index (χ2n) is 6.14. The van der Waals surface area contributed by atoms with E-state index in [9.17, 15) is 5.11 Å². The van der Waals surface area contributed by atoms with Gasteiger partial charge in [0.1, 0.15) is 0 Å². The maximum absolute atomic E-state index is 10.9. The number of aliphatic hydroxyl groups is 1.